The van der Waals surface area contributed by atoms with Crippen molar-refractivity contribution in [1.29, 1.82) is 0 Å². The number of aromatic nitrogens is 2. The summed E-state index contributed by atoms with van der Waals surface area (Å²) in [4.78, 5) is 35.8. The van der Waals surface area contributed by atoms with E-state index in [0.717, 1.165) is 0 Å². The first-order chi connectivity index (χ1) is 17.1. The second-order valence-electron chi connectivity index (χ2n) is 8.28. The Hall–Kier alpha value is -4.15. The predicted octanol–water partition coefficient (Wildman–Crippen LogP) is 4.70. The molecule has 36 heavy (non-hydrogen) atoms. The van der Waals surface area contributed by atoms with Gasteiger partial charge in [-0.15, -0.1) is 0 Å². The Bertz CT molecular complexity index is 1310. The number of ether oxygens (including phenoxy) is 2. The zero-order chi connectivity index (χ0) is 26.0. The van der Waals surface area contributed by atoms with Crippen molar-refractivity contribution < 1.29 is 32.2 Å². The molecule has 2 aromatic heterocycles. The zero-order valence-corrected chi connectivity index (χ0v) is 19.7. The number of nitrogens with one attached hydrogen (secondary N) is 1. The smallest absolute Gasteiger partial charge is 0.422 e. The molecule has 0 spiro atoms. The normalized spacial score (nSPS) is 13.8. The Labute approximate surface area is 205 Å². The Morgan fingerprint density at radius 2 is 2.00 bits per heavy atom. The van der Waals surface area contributed by atoms with Crippen LogP contribution >= 0.6 is 0 Å². The molecule has 1 atom stereocenters. The monoisotopic (exact) mass is 500 g/mol. The van der Waals surface area contributed by atoms with Crippen LogP contribution in [-0.2, 0) is 6.54 Å². The third kappa shape index (κ3) is 5.24. The molecule has 1 N–H and O–H groups in total. The van der Waals surface area contributed by atoms with E-state index < -0.39 is 24.7 Å². The number of methoxy groups -OCH3 is 1. The van der Waals surface area contributed by atoms with E-state index in [-0.39, 0.29) is 24.1 Å². The average molecular weight is 500 g/mol. The van der Waals surface area contributed by atoms with Crippen molar-refractivity contribution in [2.45, 2.75) is 32.6 Å². The second-order valence-corrected chi connectivity index (χ2v) is 8.28. The molecular weight excluding hydrogens is 477 g/mol. The van der Waals surface area contributed by atoms with Crippen molar-refractivity contribution in [2.75, 3.05) is 19.0 Å². The summed E-state index contributed by atoms with van der Waals surface area (Å²) in [5.74, 6) is 0.0253. The summed E-state index contributed by atoms with van der Waals surface area (Å²) in [6.07, 6.45) is -1.63. The van der Waals surface area contributed by atoms with Crippen LogP contribution < -0.4 is 14.8 Å². The van der Waals surface area contributed by atoms with Crippen LogP contribution in [0.3, 0.4) is 0 Å². The van der Waals surface area contributed by atoms with Crippen LogP contribution in [0.2, 0.25) is 0 Å². The number of carbonyl (C=O) groups excluding carboxylic acids is 2. The van der Waals surface area contributed by atoms with Crippen molar-refractivity contribution >= 4 is 17.6 Å². The largest absolute Gasteiger partial charge is 0.497 e. The summed E-state index contributed by atoms with van der Waals surface area (Å²) in [6.45, 7) is 2.12. The molecule has 188 valence electrons. The highest BCUT2D eigenvalue weighted by molar-refractivity contribution is 6.06. The number of nitrogens with zero attached hydrogens (tertiary/aromatic N) is 3. The third-order valence-corrected chi connectivity index (χ3v) is 5.81. The van der Waals surface area contributed by atoms with Crippen LogP contribution in [0.15, 0.2) is 48.8 Å². The molecule has 0 saturated heterocycles. The maximum Gasteiger partial charge on any atom is 0.422 e. The first-order valence-electron chi connectivity index (χ1n) is 11.0. The van der Waals surface area contributed by atoms with Gasteiger partial charge in [0.1, 0.15) is 11.6 Å². The first-order valence-corrected chi connectivity index (χ1v) is 11.0. The number of carbonyl (C=O) groups is 2. The van der Waals surface area contributed by atoms with E-state index in [4.69, 9.17) is 9.47 Å². The predicted molar refractivity (Wildman–Crippen MR) is 124 cm³/mol. The highest BCUT2D eigenvalue weighted by atomic mass is 19.4. The van der Waals surface area contributed by atoms with E-state index in [1.165, 1.54) is 19.5 Å². The number of fused-ring (bicyclic) bond motifs is 1. The number of pyridine rings is 2. The highest BCUT2D eigenvalue weighted by Crippen LogP contribution is 2.35. The molecule has 11 heteroatoms. The van der Waals surface area contributed by atoms with Crippen LogP contribution in [0.25, 0.3) is 0 Å². The summed E-state index contributed by atoms with van der Waals surface area (Å²) < 4.78 is 47.3. The van der Waals surface area contributed by atoms with Crippen molar-refractivity contribution in [1.82, 2.24) is 14.9 Å². The summed E-state index contributed by atoms with van der Waals surface area (Å²) in [6, 6.07) is 9.42. The quantitative estimate of drug-likeness (QED) is 0.505. The van der Waals surface area contributed by atoms with E-state index in [1.54, 1.807) is 55.1 Å². The Morgan fingerprint density at radius 3 is 2.69 bits per heavy atom. The number of rotatable bonds is 7. The van der Waals surface area contributed by atoms with Crippen LogP contribution in [0.1, 0.15) is 50.4 Å². The van der Waals surface area contributed by atoms with Gasteiger partial charge in [-0.25, -0.2) is 9.97 Å². The molecule has 2 amide bonds. The van der Waals surface area contributed by atoms with E-state index in [0.29, 0.717) is 33.6 Å². The van der Waals surface area contributed by atoms with E-state index in [9.17, 15) is 22.8 Å². The number of benzene rings is 1. The van der Waals surface area contributed by atoms with Gasteiger partial charge in [-0.2, -0.15) is 13.2 Å². The lowest BCUT2D eigenvalue weighted by Crippen LogP contribution is -2.27. The third-order valence-electron chi connectivity index (χ3n) is 5.81. The topological polar surface area (TPSA) is 93.7 Å². The fraction of sp³-hybridized carbons (Fsp3) is 0.280. The second kappa shape index (κ2) is 9.84. The minimum Gasteiger partial charge on any atom is -0.497 e. The van der Waals surface area contributed by atoms with Crippen molar-refractivity contribution in [3.8, 4) is 11.6 Å². The minimum absolute atomic E-state index is 0.119. The number of hydrogen-bond acceptors (Lipinski definition) is 6. The zero-order valence-electron chi connectivity index (χ0n) is 19.7. The van der Waals surface area contributed by atoms with E-state index in [1.807, 2.05) is 0 Å². The van der Waals surface area contributed by atoms with Gasteiger partial charge >= 0.3 is 6.18 Å². The number of aryl methyl sites for hydroxylation is 1. The first kappa shape index (κ1) is 25.0. The van der Waals surface area contributed by atoms with Gasteiger partial charge in [-0.1, -0.05) is 6.07 Å². The lowest BCUT2D eigenvalue weighted by molar-refractivity contribution is -0.154. The van der Waals surface area contributed by atoms with Gasteiger partial charge in [0, 0.05) is 34.6 Å². The summed E-state index contributed by atoms with van der Waals surface area (Å²) in [5, 5.41) is 2.77. The molecule has 0 saturated carbocycles. The molecule has 3 aromatic rings. The summed E-state index contributed by atoms with van der Waals surface area (Å²) in [7, 11) is 1.50. The van der Waals surface area contributed by atoms with Crippen LogP contribution in [0, 0.1) is 6.92 Å². The van der Waals surface area contributed by atoms with E-state index >= 15 is 0 Å². The van der Waals surface area contributed by atoms with Gasteiger partial charge in [0.05, 0.1) is 19.7 Å². The van der Waals surface area contributed by atoms with Gasteiger partial charge in [0.15, 0.2) is 6.61 Å². The molecule has 0 bridgehead atoms. The summed E-state index contributed by atoms with van der Waals surface area (Å²) in [5.41, 5.74) is 2.40. The maximum atomic E-state index is 13.2. The van der Waals surface area contributed by atoms with Gasteiger partial charge in [0.25, 0.3) is 11.8 Å². The van der Waals surface area contributed by atoms with Gasteiger partial charge in [-0.3, -0.25) is 9.59 Å². The average Bonchev–Trinajstić information content (AvgIpc) is 3.19. The lowest BCUT2D eigenvalue weighted by Gasteiger charge is -2.25. The molecule has 1 aliphatic heterocycles. The fourth-order valence-electron chi connectivity index (χ4n) is 3.91. The van der Waals surface area contributed by atoms with E-state index in [2.05, 4.69) is 15.3 Å². The van der Waals surface area contributed by atoms with Crippen LogP contribution in [0.5, 0.6) is 11.6 Å². The van der Waals surface area contributed by atoms with Crippen LogP contribution in [-0.4, -0.2) is 46.6 Å². The molecular formula is C25H23F3N4O4. The molecule has 1 aliphatic rings. The lowest BCUT2D eigenvalue weighted by atomic mass is 10.1. The number of alkyl halides is 3. The molecule has 4 rings (SSSR count). The standard InChI is InChI=1S/C25H23F3N4O4/c1-14-9-17(11-30-23(14)36-13-25(26,27)28)15(2)32-12-20-19(24(32)34)7-8-29-21(20)31-22(33)16-5-4-6-18(10-16)35-3/h4-11,15H,12-13H2,1-3H3,(H,29,31,33). The molecule has 1 aromatic carbocycles. The summed E-state index contributed by atoms with van der Waals surface area (Å²) >= 11 is 0. The number of anilines is 1. The van der Waals surface area contributed by atoms with Crippen LogP contribution in [0.4, 0.5) is 19.0 Å². The minimum atomic E-state index is -4.47. The molecule has 3 heterocycles. The van der Waals surface area contributed by atoms with Gasteiger partial charge in [0.2, 0.25) is 5.88 Å². The molecule has 0 aliphatic carbocycles. The molecule has 8 nitrogen and oxygen atoms in total. The maximum absolute atomic E-state index is 13.2. The van der Waals surface area contributed by atoms with Gasteiger partial charge in [-0.05, 0) is 49.7 Å². The number of halogens is 3. The Morgan fingerprint density at radius 1 is 1.22 bits per heavy atom. The Kier molecular flexibility index (Phi) is 6.82. The molecule has 0 radical (unpaired) electrons. The SMILES string of the molecule is COc1cccc(C(=O)Nc2nccc3c2CN(C(C)c2cnc(OCC(F)(F)F)c(C)c2)C3=O)c1. The number of amides is 2. The number of hydrogen-bond donors (Lipinski definition) is 1. The molecule has 0 fully saturated rings. The van der Waals surface area contributed by atoms with Crippen molar-refractivity contribution in [3.63, 3.8) is 0 Å². The fourth-order valence-corrected chi connectivity index (χ4v) is 3.91. The van der Waals surface area contributed by atoms with Crippen molar-refractivity contribution in [3.05, 3.63) is 76.6 Å². The van der Waals surface area contributed by atoms with Crippen molar-refractivity contribution in [2.24, 2.45) is 0 Å². The highest BCUT2D eigenvalue weighted by Gasteiger charge is 2.34. The molecule has 1 unspecified atom stereocenters. The Balaban J connectivity index is 1.52. The van der Waals surface area contributed by atoms with Gasteiger partial charge < -0.3 is 19.7 Å².